The van der Waals surface area contributed by atoms with Crippen molar-refractivity contribution < 1.29 is 19.0 Å². The molecule has 2 aromatic rings. The van der Waals surface area contributed by atoms with Crippen LogP contribution in [-0.2, 0) is 11.3 Å². The lowest BCUT2D eigenvalue weighted by atomic mass is 10.1. The summed E-state index contributed by atoms with van der Waals surface area (Å²) in [4.78, 5) is 11.0. The summed E-state index contributed by atoms with van der Waals surface area (Å²) >= 11 is 0. The Morgan fingerprint density at radius 2 is 2.09 bits per heavy atom. The molecule has 1 fully saturated rings. The maximum Gasteiger partial charge on any atom is 0.219 e. The number of morpholine rings is 1. The van der Waals surface area contributed by atoms with Gasteiger partial charge in [-0.3, -0.25) is 4.90 Å². The predicted molar refractivity (Wildman–Crippen MR) is 121 cm³/mol. The van der Waals surface area contributed by atoms with Gasteiger partial charge in [-0.25, -0.2) is 14.4 Å². The Labute approximate surface area is 188 Å². The number of nitrogens with one attached hydrogen (secondary N) is 2. The average molecular weight is 446 g/mol. The van der Waals surface area contributed by atoms with Gasteiger partial charge >= 0.3 is 0 Å². The first-order chi connectivity index (χ1) is 15.4. The fourth-order valence-electron chi connectivity index (χ4n) is 3.30. The summed E-state index contributed by atoms with van der Waals surface area (Å²) < 4.78 is 24.2. The zero-order valence-corrected chi connectivity index (χ0v) is 18.7. The molecule has 1 aromatic carbocycles. The molecule has 1 aromatic heterocycles. The number of ether oxygens (including phenoxy) is 2. The first-order valence-electron chi connectivity index (χ1n) is 10.9. The Hall–Kier alpha value is -2.75. The number of halogens is 1. The number of aromatic nitrogens is 1. The molecule has 9 heteroatoms. The van der Waals surface area contributed by atoms with Crippen molar-refractivity contribution >= 4 is 5.96 Å². The summed E-state index contributed by atoms with van der Waals surface area (Å²) in [5.41, 5.74) is -0.000727. The third-order valence-corrected chi connectivity index (χ3v) is 4.88. The molecule has 174 valence electrons. The Morgan fingerprint density at radius 1 is 1.28 bits per heavy atom. The van der Waals surface area contributed by atoms with E-state index in [1.54, 1.807) is 24.4 Å². The second-order valence-electron chi connectivity index (χ2n) is 8.00. The molecule has 1 aliphatic rings. The molecule has 0 saturated carbocycles. The van der Waals surface area contributed by atoms with Crippen LogP contribution in [0.5, 0.6) is 11.6 Å². The van der Waals surface area contributed by atoms with E-state index >= 15 is 0 Å². The standard InChI is InChI=1S/C23H32FN5O3/c1-3-25-22(28-16-23(2,30)17-29-9-11-31-12-10-29)27-15-18-7-8-21(26-14-18)32-20-6-4-5-19(24)13-20/h4-8,13-14,30H,3,9-12,15-17H2,1-2H3,(H2,25,27,28). The number of aliphatic imine (C=N–C) groups is 1. The van der Waals surface area contributed by atoms with Crippen molar-refractivity contribution in [2.75, 3.05) is 45.9 Å². The number of hydrogen-bond acceptors (Lipinski definition) is 6. The lowest BCUT2D eigenvalue weighted by Crippen LogP contribution is -2.52. The minimum absolute atomic E-state index is 0.360. The van der Waals surface area contributed by atoms with Crippen molar-refractivity contribution in [3.63, 3.8) is 0 Å². The molecule has 0 amide bonds. The summed E-state index contributed by atoms with van der Waals surface area (Å²) in [6, 6.07) is 9.51. The summed E-state index contributed by atoms with van der Waals surface area (Å²) in [6.45, 7) is 8.93. The van der Waals surface area contributed by atoms with E-state index < -0.39 is 5.60 Å². The zero-order chi connectivity index (χ0) is 22.8. The number of benzene rings is 1. The number of rotatable bonds is 9. The van der Waals surface area contributed by atoms with E-state index in [1.807, 2.05) is 19.9 Å². The number of β-amino-alcohol motifs (C(OH)–C–C–N with tert-alkyl or cyclic N) is 1. The zero-order valence-electron chi connectivity index (χ0n) is 18.7. The van der Waals surface area contributed by atoms with E-state index in [9.17, 15) is 9.50 Å². The lowest BCUT2D eigenvalue weighted by Gasteiger charge is -2.34. The highest BCUT2D eigenvalue weighted by atomic mass is 19.1. The lowest BCUT2D eigenvalue weighted by molar-refractivity contribution is -0.0201. The number of guanidine groups is 1. The van der Waals surface area contributed by atoms with Gasteiger partial charge in [0, 0.05) is 51.1 Å². The molecule has 8 nitrogen and oxygen atoms in total. The average Bonchev–Trinajstić information content (AvgIpc) is 2.77. The molecule has 0 radical (unpaired) electrons. The minimum atomic E-state index is -0.898. The van der Waals surface area contributed by atoms with Crippen LogP contribution in [0.1, 0.15) is 19.4 Å². The maximum atomic E-state index is 13.3. The van der Waals surface area contributed by atoms with Crippen LogP contribution < -0.4 is 15.4 Å². The Kier molecular flexibility index (Phi) is 8.78. The summed E-state index contributed by atoms with van der Waals surface area (Å²) in [5, 5.41) is 17.2. The Bertz CT molecular complexity index is 870. The molecule has 1 unspecified atom stereocenters. The van der Waals surface area contributed by atoms with E-state index in [2.05, 4.69) is 25.5 Å². The van der Waals surface area contributed by atoms with Crippen LogP contribution >= 0.6 is 0 Å². The van der Waals surface area contributed by atoms with E-state index in [0.29, 0.717) is 57.0 Å². The fraction of sp³-hybridized carbons (Fsp3) is 0.478. The SMILES string of the molecule is CCNC(=NCc1ccc(Oc2cccc(F)c2)nc1)NCC(C)(O)CN1CCOCC1. The molecule has 1 aliphatic heterocycles. The number of aliphatic hydroxyl groups is 1. The second kappa shape index (κ2) is 11.8. The quantitative estimate of drug-likeness (QED) is 0.402. The number of pyridine rings is 1. The molecule has 2 heterocycles. The summed E-state index contributed by atoms with van der Waals surface area (Å²) in [6.07, 6.45) is 1.68. The molecule has 0 spiro atoms. The van der Waals surface area contributed by atoms with Gasteiger partial charge in [-0.1, -0.05) is 12.1 Å². The van der Waals surface area contributed by atoms with E-state index in [1.165, 1.54) is 12.1 Å². The highest BCUT2D eigenvalue weighted by Gasteiger charge is 2.25. The van der Waals surface area contributed by atoms with Crippen molar-refractivity contribution in [2.45, 2.75) is 26.0 Å². The maximum absolute atomic E-state index is 13.3. The molecule has 0 aliphatic carbocycles. The van der Waals surface area contributed by atoms with Gasteiger partial charge in [0.15, 0.2) is 5.96 Å². The van der Waals surface area contributed by atoms with Crippen LogP contribution in [0.25, 0.3) is 0 Å². The predicted octanol–water partition coefficient (Wildman–Crippen LogP) is 2.15. The molecule has 1 saturated heterocycles. The Morgan fingerprint density at radius 3 is 2.78 bits per heavy atom. The Balaban J connectivity index is 1.52. The van der Waals surface area contributed by atoms with Gasteiger partial charge in [-0.2, -0.15) is 0 Å². The third kappa shape index (κ3) is 8.07. The number of hydrogen-bond donors (Lipinski definition) is 3. The van der Waals surface area contributed by atoms with E-state index in [4.69, 9.17) is 9.47 Å². The van der Waals surface area contributed by atoms with Gasteiger partial charge in [0.25, 0.3) is 0 Å². The smallest absolute Gasteiger partial charge is 0.219 e. The van der Waals surface area contributed by atoms with Crippen LogP contribution in [0.15, 0.2) is 47.6 Å². The topological polar surface area (TPSA) is 91.2 Å². The van der Waals surface area contributed by atoms with Crippen LogP contribution in [0.2, 0.25) is 0 Å². The molecule has 3 N–H and O–H groups in total. The van der Waals surface area contributed by atoms with Crippen molar-refractivity contribution in [1.29, 1.82) is 0 Å². The van der Waals surface area contributed by atoms with Crippen LogP contribution in [0, 0.1) is 5.82 Å². The van der Waals surface area contributed by atoms with Gasteiger partial charge in [-0.05, 0) is 31.5 Å². The largest absolute Gasteiger partial charge is 0.439 e. The fourth-order valence-corrected chi connectivity index (χ4v) is 3.30. The molecular weight excluding hydrogens is 413 g/mol. The van der Waals surface area contributed by atoms with Gasteiger partial charge in [0.05, 0.1) is 25.4 Å². The van der Waals surface area contributed by atoms with Crippen molar-refractivity contribution in [2.24, 2.45) is 4.99 Å². The minimum Gasteiger partial charge on any atom is -0.439 e. The molecule has 0 bridgehead atoms. The highest BCUT2D eigenvalue weighted by molar-refractivity contribution is 5.79. The second-order valence-corrected chi connectivity index (χ2v) is 8.00. The van der Waals surface area contributed by atoms with Gasteiger partial charge in [0.1, 0.15) is 11.6 Å². The summed E-state index contributed by atoms with van der Waals surface area (Å²) in [7, 11) is 0. The van der Waals surface area contributed by atoms with Crippen LogP contribution in [0.3, 0.4) is 0 Å². The van der Waals surface area contributed by atoms with E-state index in [0.717, 1.165) is 18.7 Å². The summed E-state index contributed by atoms with van der Waals surface area (Å²) in [5.74, 6) is 1.04. The molecule has 1 atom stereocenters. The molecule has 3 rings (SSSR count). The van der Waals surface area contributed by atoms with Crippen molar-refractivity contribution in [3.05, 3.63) is 54.0 Å². The third-order valence-electron chi connectivity index (χ3n) is 4.88. The first kappa shape index (κ1) is 23.9. The highest BCUT2D eigenvalue weighted by Crippen LogP contribution is 2.20. The molecule has 32 heavy (non-hydrogen) atoms. The molecular formula is C23H32FN5O3. The van der Waals surface area contributed by atoms with Gasteiger partial charge in [0.2, 0.25) is 5.88 Å². The van der Waals surface area contributed by atoms with Gasteiger partial charge < -0.3 is 25.2 Å². The normalized spacial score (nSPS) is 16.9. The number of nitrogens with zero attached hydrogens (tertiary/aromatic N) is 3. The van der Waals surface area contributed by atoms with Gasteiger partial charge in [-0.15, -0.1) is 0 Å². The van der Waals surface area contributed by atoms with Crippen molar-refractivity contribution in [1.82, 2.24) is 20.5 Å². The first-order valence-corrected chi connectivity index (χ1v) is 10.9. The van der Waals surface area contributed by atoms with Crippen molar-refractivity contribution in [3.8, 4) is 11.6 Å². The van der Waals surface area contributed by atoms with E-state index in [-0.39, 0.29) is 5.82 Å². The van der Waals surface area contributed by atoms with Crippen LogP contribution in [0.4, 0.5) is 4.39 Å². The monoisotopic (exact) mass is 445 g/mol. The van der Waals surface area contributed by atoms with Crippen LogP contribution in [-0.4, -0.2) is 72.5 Å².